The lowest BCUT2D eigenvalue weighted by Gasteiger charge is -2.27. The number of hydrogen-bond donors (Lipinski definition) is 1. The molecule has 94 valence electrons. The first-order chi connectivity index (χ1) is 7.27. The third-order valence-electron chi connectivity index (χ3n) is 2.57. The Morgan fingerprint density at radius 2 is 2.12 bits per heavy atom. The molecule has 0 aromatic carbocycles. The maximum Gasteiger partial charge on any atom is 0.307 e. The number of carbonyl (C=O) groups is 1. The molecule has 0 saturated carbocycles. The highest BCUT2D eigenvalue weighted by Gasteiger charge is 2.46. The zero-order valence-electron chi connectivity index (χ0n) is 10.4. The van der Waals surface area contributed by atoms with Gasteiger partial charge in [0, 0.05) is 18.5 Å². The lowest BCUT2D eigenvalue weighted by Crippen LogP contribution is -2.38. The fraction of sp³-hybridized carbons (Fsp3) is 0.909. The summed E-state index contributed by atoms with van der Waals surface area (Å²) in [6, 6.07) is 0. The average Bonchev–Trinajstić information content (AvgIpc) is 2.31. The smallest absolute Gasteiger partial charge is 0.307 e. The normalized spacial score (nSPS) is 29.3. The van der Waals surface area contributed by atoms with Gasteiger partial charge in [-0.15, -0.1) is 0 Å². The van der Waals surface area contributed by atoms with E-state index in [0.717, 1.165) is 0 Å². The summed E-state index contributed by atoms with van der Waals surface area (Å²) >= 11 is 0. The Bertz CT molecular complexity index is 263. The van der Waals surface area contributed by atoms with Crippen molar-refractivity contribution in [3.8, 4) is 0 Å². The Morgan fingerprint density at radius 1 is 1.50 bits per heavy atom. The van der Waals surface area contributed by atoms with Gasteiger partial charge in [-0.3, -0.25) is 9.63 Å². The average molecular weight is 231 g/mol. The minimum absolute atomic E-state index is 0.242. The van der Waals surface area contributed by atoms with Gasteiger partial charge in [-0.05, 0) is 27.7 Å². The van der Waals surface area contributed by atoms with Crippen LogP contribution in [0.4, 0.5) is 0 Å². The van der Waals surface area contributed by atoms with Crippen LogP contribution in [-0.4, -0.2) is 40.6 Å². The van der Waals surface area contributed by atoms with E-state index in [0.29, 0.717) is 19.6 Å². The zero-order chi connectivity index (χ0) is 12.4. The second-order valence-electron chi connectivity index (χ2n) is 4.91. The Labute approximate surface area is 96.3 Å². The molecule has 5 nitrogen and oxygen atoms in total. The molecule has 0 bridgehead atoms. The van der Waals surface area contributed by atoms with Crippen LogP contribution in [0.3, 0.4) is 0 Å². The summed E-state index contributed by atoms with van der Waals surface area (Å²) in [6.07, 6.45) is 0.788. The zero-order valence-corrected chi connectivity index (χ0v) is 10.4. The predicted molar refractivity (Wildman–Crippen MR) is 58.4 cm³/mol. The third kappa shape index (κ3) is 3.43. The van der Waals surface area contributed by atoms with Gasteiger partial charge in [-0.2, -0.15) is 5.06 Å². The number of esters is 1. The van der Waals surface area contributed by atoms with E-state index in [-0.39, 0.29) is 17.9 Å². The Morgan fingerprint density at radius 3 is 2.56 bits per heavy atom. The topological polar surface area (TPSA) is 59.0 Å². The standard InChI is InChI=1S/C11H21NO4/c1-5-15-9(13)6-7-12-10(2,3)8-11(4,14)16-12/h14H,5-8H2,1-4H3. The maximum atomic E-state index is 11.2. The van der Waals surface area contributed by atoms with Crippen molar-refractivity contribution < 1.29 is 19.5 Å². The van der Waals surface area contributed by atoms with E-state index in [2.05, 4.69) is 0 Å². The van der Waals surface area contributed by atoms with Crippen molar-refractivity contribution in [3.05, 3.63) is 0 Å². The minimum atomic E-state index is -1.14. The van der Waals surface area contributed by atoms with Gasteiger partial charge in [0.15, 0.2) is 5.79 Å². The molecule has 1 N–H and O–H groups in total. The van der Waals surface area contributed by atoms with E-state index in [4.69, 9.17) is 9.57 Å². The molecule has 1 unspecified atom stereocenters. The van der Waals surface area contributed by atoms with E-state index in [9.17, 15) is 9.90 Å². The van der Waals surface area contributed by atoms with Crippen molar-refractivity contribution >= 4 is 5.97 Å². The van der Waals surface area contributed by atoms with Gasteiger partial charge in [-0.25, -0.2) is 0 Å². The van der Waals surface area contributed by atoms with Gasteiger partial charge in [0.05, 0.1) is 13.0 Å². The quantitative estimate of drug-likeness (QED) is 0.733. The van der Waals surface area contributed by atoms with Crippen LogP contribution in [0, 0.1) is 0 Å². The SMILES string of the molecule is CCOC(=O)CCN1OC(C)(O)CC1(C)C. The van der Waals surface area contributed by atoms with Crippen LogP contribution in [0.2, 0.25) is 0 Å². The molecular formula is C11H21NO4. The Hall–Kier alpha value is -0.650. The molecule has 1 heterocycles. The molecule has 1 atom stereocenters. The van der Waals surface area contributed by atoms with Gasteiger partial charge < -0.3 is 9.84 Å². The first-order valence-corrected chi connectivity index (χ1v) is 5.61. The number of carbonyl (C=O) groups excluding carboxylic acids is 1. The van der Waals surface area contributed by atoms with Crippen molar-refractivity contribution in [1.29, 1.82) is 0 Å². The van der Waals surface area contributed by atoms with Gasteiger partial charge in [0.25, 0.3) is 0 Å². The number of nitrogens with zero attached hydrogens (tertiary/aromatic N) is 1. The van der Waals surface area contributed by atoms with Crippen molar-refractivity contribution in [2.24, 2.45) is 0 Å². The molecule has 5 heteroatoms. The van der Waals surface area contributed by atoms with Gasteiger partial charge in [0.2, 0.25) is 0 Å². The van der Waals surface area contributed by atoms with E-state index >= 15 is 0 Å². The Balaban J connectivity index is 2.46. The molecule has 0 aromatic rings. The van der Waals surface area contributed by atoms with Crippen molar-refractivity contribution in [2.75, 3.05) is 13.2 Å². The predicted octanol–water partition coefficient (Wildman–Crippen LogP) is 1.06. The Kier molecular flexibility index (Phi) is 3.93. The lowest BCUT2D eigenvalue weighted by atomic mass is 9.97. The fourth-order valence-corrected chi connectivity index (χ4v) is 2.06. The van der Waals surface area contributed by atoms with Crippen molar-refractivity contribution in [2.45, 2.75) is 51.9 Å². The van der Waals surface area contributed by atoms with Crippen LogP contribution in [0.15, 0.2) is 0 Å². The summed E-state index contributed by atoms with van der Waals surface area (Å²) in [7, 11) is 0. The second-order valence-corrected chi connectivity index (χ2v) is 4.91. The minimum Gasteiger partial charge on any atom is -0.466 e. The largest absolute Gasteiger partial charge is 0.466 e. The molecule has 0 amide bonds. The molecule has 1 rings (SSSR count). The highest BCUT2D eigenvalue weighted by Crippen LogP contribution is 2.36. The first-order valence-electron chi connectivity index (χ1n) is 5.61. The van der Waals surface area contributed by atoms with Crippen LogP contribution in [-0.2, 0) is 14.4 Å². The molecule has 1 saturated heterocycles. The third-order valence-corrected chi connectivity index (χ3v) is 2.57. The fourth-order valence-electron chi connectivity index (χ4n) is 2.06. The summed E-state index contributed by atoms with van der Waals surface area (Å²) in [5, 5.41) is 11.4. The lowest BCUT2D eigenvalue weighted by molar-refractivity contribution is -0.283. The summed E-state index contributed by atoms with van der Waals surface area (Å²) in [6.45, 7) is 8.17. The number of rotatable bonds is 4. The first kappa shape index (κ1) is 13.4. The van der Waals surface area contributed by atoms with E-state index in [1.165, 1.54) is 0 Å². The molecule has 0 radical (unpaired) electrons. The summed E-state index contributed by atoms with van der Waals surface area (Å²) in [4.78, 5) is 16.6. The monoisotopic (exact) mass is 231 g/mol. The molecule has 0 aliphatic carbocycles. The summed E-state index contributed by atoms with van der Waals surface area (Å²) in [5.74, 6) is -1.38. The molecule has 1 fully saturated rings. The summed E-state index contributed by atoms with van der Waals surface area (Å²) < 4.78 is 4.84. The van der Waals surface area contributed by atoms with Crippen LogP contribution in [0.25, 0.3) is 0 Å². The van der Waals surface area contributed by atoms with Crippen LogP contribution in [0.5, 0.6) is 0 Å². The molecule has 16 heavy (non-hydrogen) atoms. The molecular weight excluding hydrogens is 210 g/mol. The van der Waals surface area contributed by atoms with Gasteiger partial charge in [-0.1, -0.05) is 0 Å². The molecule has 0 aromatic heterocycles. The molecule has 1 aliphatic rings. The summed E-state index contributed by atoms with van der Waals surface area (Å²) in [5.41, 5.74) is -0.268. The molecule has 1 aliphatic heterocycles. The number of ether oxygens (including phenoxy) is 1. The van der Waals surface area contributed by atoms with E-state index < -0.39 is 5.79 Å². The van der Waals surface area contributed by atoms with Crippen LogP contribution >= 0.6 is 0 Å². The van der Waals surface area contributed by atoms with Gasteiger partial charge in [0.1, 0.15) is 0 Å². The second kappa shape index (κ2) is 4.69. The van der Waals surface area contributed by atoms with E-state index in [1.54, 1.807) is 18.9 Å². The van der Waals surface area contributed by atoms with Crippen LogP contribution < -0.4 is 0 Å². The highest BCUT2D eigenvalue weighted by atomic mass is 16.8. The molecule has 0 spiro atoms. The highest BCUT2D eigenvalue weighted by molar-refractivity contribution is 5.69. The number of hydroxylamine groups is 2. The number of aliphatic hydroxyl groups is 1. The van der Waals surface area contributed by atoms with Gasteiger partial charge >= 0.3 is 5.97 Å². The number of hydrogen-bond acceptors (Lipinski definition) is 5. The van der Waals surface area contributed by atoms with Crippen molar-refractivity contribution in [3.63, 3.8) is 0 Å². The van der Waals surface area contributed by atoms with Crippen molar-refractivity contribution in [1.82, 2.24) is 5.06 Å². The maximum absolute atomic E-state index is 11.2. The van der Waals surface area contributed by atoms with Crippen LogP contribution in [0.1, 0.15) is 40.5 Å². The van der Waals surface area contributed by atoms with E-state index in [1.807, 2.05) is 13.8 Å².